The van der Waals surface area contributed by atoms with Gasteiger partial charge in [-0.15, -0.1) is 0 Å². The summed E-state index contributed by atoms with van der Waals surface area (Å²) in [5.41, 5.74) is 0.205. The van der Waals surface area contributed by atoms with Gasteiger partial charge in [0.05, 0.1) is 0 Å². The Morgan fingerprint density at radius 2 is 1.81 bits per heavy atom. The molecule has 0 radical (unpaired) electrons. The van der Waals surface area contributed by atoms with Gasteiger partial charge >= 0.3 is 0 Å². The van der Waals surface area contributed by atoms with E-state index in [0.29, 0.717) is 29.8 Å². The number of nitrogens with one attached hydrogen (secondary N) is 2. The fourth-order valence-electron chi connectivity index (χ4n) is 3.50. The van der Waals surface area contributed by atoms with Crippen LogP contribution in [0, 0.1) is 17.8 Å². The molecular formula is C16H23N3O2. The Morgan fingerprint density at radius 3 is 2.38 bits per heavy atom. The van der Waals surface area contributed by atoms with Crippen molar-refractivity contribution in [1.29, 1.82) is 0 Å². The van der Waals surface area contributed by atoms with Crippen LogP contribution in [0.15, 0.2) is 21.7 Å². The summed E-state index contributed by atoms with van der Waals surface area (Å²) in [5, 5.41) is 6.29. The first-order valence-electron chi connectivity index (χ1n) is 7.70. The standard InChI is InChI=1S/C16H23N3O2/c1-19(2)6-5-17-13-14(16(21)15(13)20)18-9-12-8-10-3-4-11(12)7-10/h3-4,10-12,17-18H,5-9H2,1-2H3. The van der Waals surface area contributed by atoms with E-state index >= 15 is 0 Å². The lowest BCUT2D eigenvalue weighted by Crippen LogP contribution is -2.39. The quantitative estimate of drug-likeness (QED) is 0.576. The molecule has 1 aromatic carbocycles. The van der Waals surface area contributed by atoms with Crippen LogP contribution < -0.4 is 21.5 Å². The molecule has 3 rings (SSSR count). The summed E-state index contributed by atoms with van der Waals surface area (Å²) in [6, 6.07) is 0. The van der Waals surface area contributed by atoms with Crippen molar-refractivity contribution in [2.24, 2.45) is 17.8 Å². The largest absolute Gasteiger partial charge is 0.380 e. The van der Waals surface area contributed by atoms with Gasteiger partial charge in [-0.2, -0.15) is 0 Å². The van der Waals surface area contributed by atoms with Crippen LogP contribution in [0.1, 0.15) is 12.8 Å². The summed E-state index contributed by atoms with van der Waals surface area (Å²) in [4.78, 5) is 25.4. The van der Waals surface area contributed by atoms with E-state index in [1.165, 1.54) is 12.8 Å². The van der Waals surface area contributed by atoms with E-state index in [1.54, 1.807) is 0 Å². The zero-order valence-corrected chi connectivity index (χ0v) is 12.7. The molecule has 2 aliphatic carbocycles. The van der Waals surface area contributed by atoms with Crippen LogP contribution in [0.3, 0.4) is 0 Å². The molecule has 3 unspecified atom stereocenters. The SMILES string of the molecule is CN(C)CCNc1c(NCC2CC3C=CC2C3)c(=O)c1=O. The monoisotopic (exact) mass is 289 g/mol. The van der Waals surface area contributed by atoms with Gasteiger partial charge in [0.1, 0.15) is 11.4 Å². The average Bonchev–Trinajstić information content (AvgIpc) is 3.07. The molecule has 21 heavy (non-hydrogen) atoms. The van der Waals surface area contributed by atoms with Gasteiger partial charge in [0, 0.05) is 19.6 Å². The number of nitrogens with zero attached hydrogens (tertiary/aromatic N) is 1. The highest BCUT2D eigenvalue weighted by molar-refractivity contribution is 5.73. The molecule has 1 fully saturated rings. The van der Waals surface area contributed by atoms with E-state index in [0.717, 1.165) is 19.0 Å². The molecule has 1 aromatic rings. The number of likely N-dealkylation sites (N-methyl/N-ethyl adjacent to an activating group) is 1. The summed E-state index contributed by atoms with van der Waals surface area (Å²) in [6.45, 7) is 2.29. The van der Waals surface area contributed by atoms with E-state index in [1.807, 2.05) is 19.0 Å². The van der Waals surface area contributed by atoms with Crippen LogP contribution in [0.5, 0.6) is 0 Å². The lowest BCUT2D eigenvalue weighted by atomic mass is 9.93. The topological polar surface area (TPSA) is 61.4 Å². The summed E-state index contributed by atoms with van der Waals surface area (Å²) in [6.07, 6.45) is 7.07. The van der Waals surface area contributed by atoms with E-state index in [9.17, 15) is 9.59 Å². The predicted molar refractivity (Wildman–Crippen MR) is 85.7 cm³/mol. The predicted octanol–water partition coefficient (Wildman–Crippen LogP) is 0.880. The van der Waals surface area contributed by atoms with Gasteiger partial charge in [0.25, 0.3) is 10.9 Å². The van der Waals surface area contributed by atoms with Crippen LogP contribution in [0.2, 0.25) is 0 Å². The van der Waals surface area contributed by atoms with Gasteiger partial charge in [-0.05, 0) is 44.7 Å². The van der Waals surface area contributed by atoms with Crippen molar-refractivity contribution in [1.82, 2.24) is 4.90 Å². The van der Waals surface area contributed by atoms with Gasteiger partial charge in [-0.1, -0.05) is 12.2 Å². The van der Waals surface area contributed by atoms with Crippen molar-refractivity contribution >= 4 is 11.4 Å². The first-order valence-corrected chi connectivity index (χ1v) is 7.70. The number of hydrogen-bond donors (Lipinski definition) is 2. The van der Waals surface area contributed by atoms with Crippen molar-refractivity contribution in [2.75, 3.05) is 44.4 Å². The Hall–Kier alpha value is -1.62. The molecule has 5 heteroatoms. The maximum atomic E-state index is 11.7. The Balaban J connectivity index is 1.56. The van der Waals surface area contributed by atoms with Crippen molar-refractivity contribution in [3.05, 3.63) is 32.6 Å². The second-order valence-electron chi connectivity index (χ2n) is 6.56. The van der Waals surface area contributed by atoms with Crippen LogP contribution in [0.25, 0.3) is 0 Å². The molecule has 0 spiro atoms. The summed E-state index contributed by atoms with van der Waals surface area (Å²) in [5.74, 6) is 1.98. The molecule has 1 saturated carbocycles. The lowest BCUT2D eigenvalue weighted by Gasteiger charge is -2.21. The van der Waals surface area contributed by atoms with Gasteiger partial charge < -0.3 is 15.5 Å². The molecule has 2 bridgehead atoms. The maximum Gasteiger partial charge on any atom is 0.253 e. The molecular weight excluding hydrogens is 266 g/mol. The Kier molecular flexibility index (Phi) is 3.85. The van der Waals surface area contributed by atoms with Crippen molar-refractivity contribution < 1.29 is 0 Å². The van der Waals surface area contributed by atoms with E-state index < -0.39 is 0 Å². The molecule has 3 atom stereocenters. The van der Waals surface area contributed by atoms with E-state index in [-0.39, 0.29) is 10.9 Å². The third-order valence-corrected chi connectivity index (χ3v) is 4.73. The number of hydrogen-bond acceptors (Lipinski definition) is 5. The van der Waals surface area contributed by atoms with Gasteiger partial charge in [-0.3, -0.25) is 9.59 Å². The third kappa shape index (κ3) is 2.75. The minimum atomic E-state index is -0.385. The van der Waals surface area contributed by atoms with Crippen LogP contribution in [0.4, 0.5) is 11.4 Å². The second-order valence-corrected chi connectivity index (χ2v) is 6.56. The fraction of sp³-hybridized carbons (Fsp3) is 0.625. The molecule has 5 nitrogen and oxygen atoms in total. The van der Waals surface area contributed by atoms with Gasteiger partial charge in [-0.25, -0.2) is 0 Å². The Morgan fingerprint density at radius 1 is 1.10 bits per heavy atom. The molecule has 114 valence electrons. The minimum Gasteiger partial charge on any atom is -0.380 e. The molecule has 0 saturated heterocycles. The molecule has 0 heterocycles. The van der Waals surface area contributed by atoms with E-state index in [4.69, 9.17) is 0 Å². The van der Waals surface area contributed by atoms with Crippen LogP contribution in [-0.4, -0.2) is 38.6 Å². The first kappa shape index (κ1) is 14.3. The molecule has 2 N–H and O–H groups in total. The third-order valence-electron chi connectivity index (χ3n) is 4.73. The number of allylic oxidation sites excluding steroid dienone is 2. The summed E-state index contributed by atoms with van der Waals surface area (Å²) >= 11 is 0. The zero-order chi connectivity index (χ0) is 15.0. The minimum absolute atomic E-state index is 0.374. The average molecular weight is 289 g/mol. The van der Waals surface area contributed by atoms with Crippen LogP contribution in [-0.2, 0) is 0 Å². The Bertz CT molecular complexity index is 613. The normalized spacial score (nSPS) is 26.9. The fourth-order valence-corrected chi connectivity index (χ4v) is 3.50. The second kappa shape index (κ2) is 5.64. The smallest absolute Gasteiger partial charge is 0.253 e. The lowest BCUT2D eigenvalue weighted by molar-refractivity contribution is 0.425. The highest BCUT2D eigenvalue weighted by Gasteiger charge is 2.35. The van der Waals surface area contributed by atoms with E-state index in [2.05, 4.69) is 22.8 Å². The summed E-state index contributed by atoms with van der Waals surface area (Å²) in [7, 11) is 3.96. The van der Waals surface area contributed by atoms with Gasteiger partial charge in [0.2, 0.25) is 0 Å². The molecule has 2 aliphatic rings. The highest BCUT2D eigenvalue weighted by Crippen LogP contribution is 2.43. The maximum absolute atomic E-state index is 11.7. The van der Waals surface area contributed by atoms with Crippen LogP contribution >= 0.6 is 0 Å². The first-order chi connectivity index (χ1) is 10.1. The number of rotatable bonds is 7. The molecule has 0 aliphatic heterocycles. The zero-order valence-electron chi connectivity index (χ0n) is 12.7. The van der Waals surface area contributed by atoms with Crippen molar-refractivity contribution in [3.8, 4) is 0 Å². The number of fused-ring (bicyclic) bond motifs is 2. The highest BCUT2D eigenvalue weighted by atomic mass is 16.2. The van der Waals surface area contributed by atoms with Gasteiger partial charge in [0.15, 0.2) is 0 Å². The Labute approximate surface area is 124 Å². The van der Waals surface area contributed by atoms with Crippen molar-refractivity contribution in [2.45, 2.75) is 12.8 Å². The summed E-state index contributed by atoms with van der Waals surface area (Å²) < 4.78 is 0. The number of anilines is 2. The molecule has 0 aromatic heterocycles. The van der Waals surface area contributed by atoms with Crippen molar-refractivity contribution in [3.63, 3.8) is 0 Å². The molecule has 0 amide bonds.